The van der Waals surface area contributed by atoms with Gasteiger partial charge in [-0.3, -0.25) is 0 Å². The van der Waals surface area contributed by atoms with E-state index in [0.717, 1.165) is 6.07 Å². The Labute approximate surface area is 110 Å². The van der Waals surface area contributed by atoms with E-state index >= 15 is 0 Å². The third kappa shape index (κ3) is 3.28. The van der Waals surface area contributed by atoms with E-state index < -0.39 is 11.6 Å². The van der Waals surface area contributed by atoms with Crippen molar-refractivity contribution in [3.8, 4) is 0 Å². The molecule has 0 saturated carbocycles. The number of benzene rings is 2. The van der Waals surface area contributed by atoms with Crippen molar-refractivity contribution in [2.75, 3.05) is 5.32 Å². The summed E-state index contributed by atoms with van der Waals surface area (Å²) in [7, 11) is 0. The Morgan fingerprint density at radius 3 is 2.16 bits per heavy atom. The van der Waals surface area contributed by atoms with Crippen LogP contribution in [-0.4, -0.2) is 0 Å². The maximum absolute atomic E-state index is 13.5. The minimum atomic E-state index is -0.648. The fourth-order valence-electron chi connectivity index (χ4n) is 1.85. The first-order valence-corrected chi connectivity index (χ1v) is 5.94. The molecule has 0 amide bonds. The molecular weight excluding hydrogens is 251 g/mol. The Hall–Kier alpha value is -1.97. The molecule has 1 N–H and O–H groups in total. The van der Waals surface area contributed by atoms with E-state index in [1.165, 1.54) is 18.2 Å². The fourth-order valence-corrected chi connectivity index (χ4v) is 1.85. The molecule has 19 heavy (non-hydrogen) atoms. The van der Waals surface area contributed by atoms with E-state index in [9.17, 15) is 13.2 Å². The third-order valence-electron chi connectivity index (χ3n) is 2.94. The fraction of sp³-hybridized carbons (Fsp3) is 0.200. The highest BCUT2D eigenvalue weighted by Crippen LogP contribution is 2.22. The van der Waals surface area contributed by atoms with Crippen molar-refractivity contribution < 1.29 is 13.2 Å². The van der Waals surface area contributed by atoms with Gasteiger partial charge >= 0.3 is 0 Å². The molecule has 100 valence electrons. The standard InChI is InChI=1S/C15H14F3N/c1-9-3-4-11(5-15(9)18)10(2)19-14-7-12(16)6-13(17)8-14/h3-8,10,19H,1-2H3. The van der Waals surface area contributed by atoms with Crippen molar-refractivity contribution in [3.05, 3.63) is 65.0 Å². The third-order valence-corrected chi connectivity index (χ3v) is 2.94. The van der Waals surface area contributed by atoms with Crippen LogP contribution in [0.1, 0.15) is 24.1 Å². The van der Waals surface area contributed by atoms with Gasteiger partial charge in [-0.25, -0.2) is 13.2 Å². The highest BCUT2D eigenvalue weighted by Gasteiger charge is 2.09. The zero-order valence-electron chi connectivity index (χ0n) is 10.7. The molecule has 2 aromatic rings. The number of anilines is 1. The molecule has 0 spiro atoms. The number of nitrogens with one attached hydrogen (secondary N) is 1. The first kappa shape index (κ1) is 13.5. The van der Waals surface area contributed by atoms with Crippen molar-refractivity contribution in [1.82, 2.24) is 0 Å². The molecule has 1 unspecified atom stereocenters. The van der Waals surface area contributed by atoms with Gasteiger partial charge in [-0.15, -0.1) is 0 Å². The van der Waals surface area contributed by atoms with Gasteiger partial charge < -0.3 is 5.32 Å². The lowest BCUT2D eigenvalue weighted by atomic mass is 10.1. The van der Waals surface area contributed by atoms with Crippen LogP contribution in [0.4, 0.5) is 18.9 Å². The molecule has 1 nitrogen and oxygen atoms in total. The second-order valence-corrected chi connectivity index (χ2v) is 4.53. The second kappa shape index (κ2) is 5.34. The van der Waals surface area contributed by atoms with E-state index in [1.807, 2.05) is 0 Å². The summed E-state index contributed by atoms with van der Waals surface area (Å²) in [4.78, 5) is 0. The molecule has 0 aliphatic rings. The van der Waals surface area contributed by atoms with E-state index in [4.69, 9.17) is 0 Å². The number of rotatable bonds is 3. The van der Waals surface area contributed by atoms with Gasteiger partial charge in [0.25, 0.3) is 0 Å². The number of halogens is 3. The van der Waals surface area contributed by atoms with Gasteiger partial charge in [-0.2, -0.15) is 0 Å². The van der Waals surface area contributed by atoms with Gasteiger partial charge in [0.2, 0.25) is 0 Å². The van der Waals surface area contributed by atoms with Crippen molar-refractivity contribution in [1.29, 1.82) is 0 Å². The van der Waals surface area contributed by atoms with E-state index in [-0.39, 0.29) is 11.9 Å². The molecule has 0 aliphatic carbocycles. The molecule has 0 saturated heterocycles. The van der Waals surface area contributed by atoms with Crippen molar-refractivity contribution in [2.24, 2.45) is 0 Å². The van der Waals surface area contributed by atoms with Crippen LogP contribution in [0.3, 0.4) is 0 Å². The SMILES string of the molecule is Cc1ccc(C(C)Nc2cc(F)cc(F)c2)cc1F. The number of hydrogen-bond donors (Lipinski definition) is 1. The molecule has 0 aromatic heterocycles. The molecular formula is C15H14F3N. The number of hydrogen-bond acceptors (Lipinski definition) is 1. The summed E-state index contributed by atoms with van der Waals surface area (Å²) in [5.74, 6) is -1.59. The molecule has 0 fully saturated rings. The smallest absolute Gasteiger partial charge is 0.128 e. The molecule has 0 aliphatic heterocycles. The summed E-state index contributed by atoms with van der Waals surface area (Å²) < 4.78 is 39.6. The van der Waals surface area contributed by atoms with Crippen LogP contribution >= 0.6 is 0 Å². The molecule has 0 heterocycles. The Kier molecular flexibility index (Phi) is 3.79. The van der Waals surface area contributed by atoms with E-state index in [0.29, 0.717) is 16.8 Å². The predicted molar refractivity (Wildman–Crippen MR) is 69.5 cm³/mol. The second-order valence-electron chi connectivity index (χ2n) is 4.53. The van der Waals surface area contributed by atoms with E-state index in [2.05, 4.69) is 5.32 Å². The topological polar surface area (TPSA) is 12.0 Å². The Balaban J connectivity index is 2.20. The zero-order chi connectivity index (χ0) is 14.0. The predicted octanol–water partition coefficient (Wildman–Crippen LogP) is 4.59. The molecule has 1 atom stereocenters. The highest BCUT2D eigenvalue weighted by atomic mass is 19.1. The van der Waals surface area contributed by atoms with Gasteiger partial charge in [0.05, 0.1) is 0 Å². The Morgan fingerprint density at radius 2 is 1.58 bits per heavy atom. The van der Waals surface area contributed by atoms with Crippen LogP contribution in [-0.2, 0) is 0 Å². The first-order chi connectivity index (χ1) is 8.95. The van der Waals surface area contributed by atoms with Crippen LogP contribution in [0, 0.1) is 24.4 Å². The molecule has 0 radical (unpaired) electrons. The highest BCUT2D eigenvalue weighted by molar-refractivity contribution is 5.46. The summed E-state index contributed by atoms with van der Waals surface area (Å²) >= 11 is 0. The summed E-state index contributed by atoms with van der Waals surface area (Å²) in [6, 6.07) is 7.83. The van der Waals surface area contributed by atoms with Crippen molar-refractivity contribution in [2.45, 2.75) is 19.9 Å². The van der Waals surface area contributed by atoms with Crippen LogP contribution in [0.5, 0.6) is 0 Å². The molecule has 2 rings (SSSR count). The maximum atomic E-state index is 13.5. The van der Waals surface area contributed by atoms with Gasteiger partial charge in [0.15, 0.2) is 0 Å². The van der Waals surface area contributed by atoms with Crippen LogP contribution in [0.2, 0.25) is 0 Å². The van der Waals surface area contributed by atoms with E-state index in [1.54, 1.807) is 26.0 Å². The monoisotopic (exact) mass is 265 g/mol. The minimum Gasteiger partial charge on any atom is -0.378 e. The minimum absolute atomic E-state index is 0.253. The largest absolute Gasteiger partial charge is 0.378 e. The van der Waals surface area contributed by atoms with Gasteiger partial charge in [0.1, 0.15) is 17.5 Å². The summed E-state index contributed by atoms with van der Waals surface area (Å²) in [5, 5.41) is 2.94. The van der Waals surface area contributed by atoms with Crippen LogP contribution in [0.25, 0.3) is 0 Å². The summed E-state index contributed by atoms with van der Waals surface area (Å²) in [6.07, 6.45) is 0. The lowest BCUT2D eigenvalue weighted by Crippen LogP contribution is -2.07. The van der Waals surface area contributed by atoms with Crippen LogP contribution in [0.15, 0.2) is 36.4 Å². The summed E-state index contributed by atoms with van der Waals surface area (Å²) in [5.41, 5.74) is 1.60. The van der Waals surface area contributed by atoms with Gasteiger partial charge in [0, 0.05) is 17.8 Å². The molecule has 4 heteroatoms. The van der Waals surface area contributed by atoms with Crippen LogP contribution < -0.4 is 5.32 Å². The van der Waals surface area contributed by atoms with Gasteiger partial charge in [-0.1, -0.05) is 12.1 Å². The zero-order valence-corrected chi connectivity index (χ0v) is 10.7. The first-order valence-electron chi connectivity index (χ1n) is 5.94. The average Bonchev–Trinajstić information content (AvgIpc) is 2.31. The average molecular weight is 265 g/mol. The lowest BCUT2D eigenvalue weighted by molar-refractivity contribution is 0.583. The lowest BCUT2D eigenvalue weighted by Gasteiger charge is -2.16. The Morgan fingerprint density at radius 1 is 0.947 bits per heavy atom. The maximum Gasteiger partial charge on any atom is 0.128 e. The van der Waals surface area contributed by atoms with Gasteiger partial charge in [-0.05, 0) is 43.2 Å². The number of aryl methyl sites for hydroxylation is 1. The molecule has 0 bridgehead atoms. The normalized spacial score (nSPS) is 12.3. The summed E-state index contributed by atoms with van der Waals surface area (Å²) in [6.45, 7) is 3.48. The van der Waals surface area contributed by atoms with Crippen molar-refractivity contribution in [3.63, 3.8) is 0 Å². The quantitative estimate of drug-likeness (QED) is 0.856. The van der Waals surface area contributed by atoms with Crippen molar-refractivity contribution >= 4 is 5.69 Å². The molecule has 2 aromatic carbocycles. The Bertz CT molecular complexity index is 576.